The molecule has 1 aliphatic rings. The molecule has 0 bridgehead atoms. The zero-order valence-electron chi connectivity index (χ0n) is 23.7. The van der Waals surface area contributed by atoms with Crippen molar-refractivity contribution in [1.29, 1.82) is 0 Å². The van der Waals surface area contributed by atoms with Crippen molar-refractivity contribution >= 4 is 23.1 Å². The van der Waals surface area contributed by atoms with Crippen molar-refractivity contribution in [2.75, 3.05) is 40.4 Å². The third-order valence-corrected chi connectivity index (χ3v) is 7.13. The largest absolute Gasteiger partial charge is 0.507 e. The number of aliphatic hydroxyl groups excluding tert-OH is 1. The van der Waals surface area contributed by atoms with Crippen LogP contribution >= 0.6 is 0 Å². The molecule has 0 saturated carbocycles. The molecule has 1 atom stereocenters. The number of benzene rings is 2. The van der Waals surface area contributed by atoms with Crippen LogP contribution in [0.25, 0.3) is 5.76 Å². The number of unbranched alkanes of at least 4 members (excludes halogenated alkanes) is 2. The van der Waals surface area contributed by atoms with Crippen LogP contribution < -0.4 is 9.47 Å². The zero-order chi connectivity index (χ0) is 29.2. The summed E-state index contributed by atoms with van der Waals surface area (Å²) < 4.78 is 10.9. The minimum absolute atomic E-state index is 0.0787. The second kappa shape index (κ2) is 14.5. The molecule has 10 nitrogen and oxygen atoms in total. The number of nitrogens with zero attached hydrogens (tertiary/aromatic N) is 3. The normalized spacial score (nSPS) is 16.5. The van der Waals surface area contributed by atoms with E-state index >= 15 is 0 Å². The molecule has 1 N–H and O–H groups in total. The molecule has 40 heavy (non-hydrogen) atoms. The average molecular weight is 554 g/mol. The van der Waals surface area contributed by atoms with Gasteiger partial charge in [-0.05, 0) is 51.0 Å². The third kappa shape index (κ3) is 6.98. The van der Waals surface area contributed by atoms with Crippen molar-refractivity contribution in [1.82, 2.24) is 9.80 Å². The predicted octanol–water partition coefficient (Wildman–Crippen LogP) is 5.33. The first-order valence-corrected chi connectivity index (χ1v) is 13.7. The fourth-order valence-corrected chi connectivity index (χ4v) is 4.96. The minimum Gasteiger partial charge on any atom is -0.507 e. The fourth-order valence-electron chi connectivity index (χ4n) is 4.96. The molecule has 0 spiro atoms. The Balaban J connectivity index is 2.05. The number of aliphatic hydroxyl groups is 1. The number of nitro benzene ring substituents is 1. The summed E-state index contributed by atoms with van der Waals surface area (Å²) in [5.41, 5.74) is 0.206. The molecular weight excluding hydrogens is 514 g/mol. The Kier molecular flexibility index (Phi) is 11.1. The highest BCUT2D eigenvalue weighted by molar-refractivity contribution is 6.46. The summed E-state index contributed by atoms with van der Waals surface area (Å²) in [6.45, 7) is 7.29. The van der Waals surface area contributed by atoms with Crippen molar-refractivity contribution in [2.24, 2.45) is 0 Å². The molecule has 1 saturated heterocycles. The predicted molar refractivity (Wildman–Crippen MR) is 153 cm³/mol. The summed E-state index contributed by atoms with van der Waals surface area (Å²) in [6.07, 6.45) is 4.98. The average Bonchev–Trinajstić information content (AvgIpc) is 3.22. The van der Waals surface area contributed by atoms with E-state index in [0.29, 0.717) is 23.5 Å². The zero-order valence-corrected chi connectivity index (χ0v) is 23.7. The van der Waals surface area contributed by atoms with Gasteiger partial charge in [0.2, 0.25) is 0 Å². The van der Waals surface area contributed by atoms with Crippen LogP contribution in [0.2, 0.25) is 0 Å². The lowest BCUT2D eigenvalue weighted by Crippen LogP contribution is -2.34. The Hall–Kier alpha value is -3.92. The standard InChI is InChI=1S/C30H39N3O7/c1-5-7-15-31(16-8-6-2)17-10-18-32-27(24-14-13-23(39-3)20-25(24)40-4)26(29(35)30(32)36)28(34)21-11-9-12-22(19-21)33(37)38/h9,11-14,19-20,27,34H,5-8,10,15-18H2,1-4H3/t27-/m0/s1. The van der Waals surface area contributed by atoms with Crippen molar-refractivity contribution in [2.45, 2.75) is 52.0 Å². The second-order valence-electron chi connectivity index (χ2n) is 9.81. The molecule has 3 rings (SSSR count). The lowest BCUT2D eigenvalue weighted by atomic mass is 9.94. The van der Waals surface area contributed by atoms with Gasteiger partial charge < -0.3 is 24.4 Å². The maximum Gasteiger partial charge on any atom is 0.295 e. The molecule has 0 radical (unpaired) electrons. The number of rotatable bonds is 15. The van der Waals surface area contributed by atoms with Crippen molar-refractivity contribution < 1.29 is 29.1 Å². The molecule has 1 fully saturated rings. The van der Waals surface area contributed by atoms with E-state index in [2.05, 4.69) is 18.7 Å². The van der Waals surface area contributed by atoms with Crippen LogP contribution in [0.5, 0.6) is 11.5 Å². The third-order valence-electron chi connectivity index (χ3n) is 7.13. The summed E-state index contributed by atoms with van der Waals surface area (Å²) in [5.74, 6) is -1.14. The van der Waals surface area contributed by atoms with Gasteiger partial charge >= 0.3 is 0 Å². The number of ether oxygens (including phenoxy) is 2. The Morgan fingerprint density at radius 2 is 1.68 bits per heavy atom. The minimum atomic E-state index is -0.945. The topological polar surface area (TPSA) is 122 Å². The number of ketones is 1. The lowest BCUT2D eigenvalue weighted by Gasteiger charge is -2.28. The molecular formula is C30H39N3O7. The fraction of sp³-hybridized carbons (Fsp3) is 0.467. The highest BCUT2D eigenvalue weighted by atomic mass is 16.6. The molecule has 216 valence electrons. The molecule has 1 amide bonds. The second-order valence-corrected chi connectivity index (χ2v) is 9.81. The van der Waals surface area contributed by atoms with E-state index in [4.69, 9.17) is 9.47 Å². The van der Waals surface area contributed by atoms with Gasteiger partial charge in [0.05, 0.1) is 30.8 Å². The molecule has 0 aliphatic carbocycles. The molecule has 0 unspecified atom stereocenters. The number of carbonyl (C=O) groups is 2. The van der Waals surface area contributed by atoms with E-state index in [1.807, 2.05) is 0 Å². The molecule has 2 aromatic carbocycles. The van der Waals surface area contributed by atoms with Gasteiger partial charge in [-0.1, -0.05) is 38.8 Å². The number of amides is 1. The Morgan fingerprint density at radius 3 is 2.27 bits per heavy atom. The Bertz CT molecular complexity index is 1240. The summed E-state index contributed by atoms with van der Waals surface area (Å²) in [4.78, 5) is 41.4. The van der Waals surface area contributed by atoms with Crippen LogP contribution in [0.15, 0.2) is 48.0 Å². The molecule has 10 heteroatoms. The first kappa shape index (κ1) is 30.6. The van der Waals surface area contributed by atoms with Gasteiger partial charge in [0.15, 0.2) is 0 Å². The first-order valence-electron chi connectivity index (χ1n) is 13.7. The number of carbonyl (C=O) groups excluding carboxylic acids is 2. The molecule has 1 heterocycles. The van der Waals surface area contributed by atoms with Crippen LogP contribution in [-0.4, -0.2) is 71.9 Å². The van der Waals surface area contributed by atoms with Crippen molar-refractivity contribution in [3.63, 3.8) is 0 Å². The first-order chi connectivity index (χ1) is 19.3. The van der Waals surface area contributed by atoms with E-state index in [1.165, 1.54) is 43.4 Å². The maximum atomic E-state index is 13.4. The highest BCUT2D eigenvalue weighted by Crippen LogP contribution is 2.44. The van der Waals surface area contributed by atoms with Gasteiger partial charge in [-0.15, -0.1) is 0 Å². The van der Waals surface area contributed by atoms with Crippen LogP contribution in [0, 0.1) is 10.1 Å². The summed E-state index contributed by atoms with van der Waals surface area (Å²) in [5, 5.41) is 22.7. The maximum absolute atomic E-state index is 13.4. The van der Waals surface area contributed by atoms with Crippen molar-refractivity contribution in [3.05, 3.63) is 69.3 Å². The van der Waals surface area contributed by atoms with Gasteiger partial charge in [-0.3, -0.25) is 19.7 Å². The van der Waals surface area contributed by atoms with Crippen LogP contribution in [0.3, 0.4) is 0 Å². The van der Waals surface area contributed by atoms with Gasteiger partial charge in [0.1, 0.15) is 17.3 Å². The number of hydrogen-bond donors (Lipinski definition) is 1. The molecule has 1 aliphatic heterocycles. The summed E-state index contributed by atoms with van der Waals surface area (Å²) in [7, 11) is 3.00. The number of non-ortho nitro benzene ring substituents is 1. The summed E-state index contributed by atoms with van der Waals surface area (Å²) >= 11 is 0. The van der Waals surface area contributed by atoms with Gasteiger partial charge in [-0.25, -0.2) is 0 Å². The van der Waals surface area contributed by atoms with E-state index in [0.717, 1.165) is 45.3 Å². The van der Waals surface area contributed by atoms with Crippen LogP contribution in [-0.2, 0) is 9.59 Å². The monoisotopic (exact) mass is 553 g/mol. The van der Waals surface area contributed by atoms with Crippen LogP contribution in [0.1, 0.15) is 63.1 Å². The number of methoxy groups -OCH3 is 2. The summed E-state index contributed by atoms with van der Waals surface area (Å²) in [6, 6.07) is 9.48. The quantitative estimate of drug-likeness (QED) is 0.103. The van der Waals surface area contributed by atoms with Gasteiger partial charge in [0, 0.05) is 35.9 Å². The number of Topliss-reactive ketones (excluding diaryl/α,β-unsaturated/α-hetero) is 1. The van der Waals surface area contributed by atoms with E-state index in [1.54, 1.807) is 18.2 Å². The van der Waals surface area contributed by atoms with Gasteiger partial charge in [-0.2, -0.15) is 0 Å². The highest BCUT2D eigenvalue weighted by Gasteiger charge is 2.47. The van der Waals surface area contributed by atoms with E-state index < -0.39 is 28.4 Å². The SMILES string of the molecule is CCCCN(CCCC)CCCN1C(=O)C(=O)C(=C(O)c2cccc([N+](=O)[O-])c2)[C@@H]1c1ccc(OC)cc1OC. The number of nitro groups is 1. The van der Waals surface area contributed by atoms with E-state index in [-0.39, 0.29) is 23.4 Å². The van der Waals surface area contributed by atoms with Gasteiger partial charge in [0.25, 0.3) is 17.4 Å². The lowest BCUT2D eigenvalue weighted by molar-refractivity contribution is -0.384. The van der Waals surface area contributed by atoms with Crippen molar-refractivity contribution in [3.8, 4) is 11.5 Å². The van der Waals surface area contributed by atoms with Crippen LogP contribution in [0.4, 0.5) is 5.69 Å². The smallest absolute Gasteiger partial charge is 0.295 e. The van der Waals surface area contributed by atoms with E-state index in [9.17, 15) is 24.8 Å². The molecule has 2 aromatic rings. The Labute approximate surface area is 235 Å². The number of likely N-dealkylation sites (tertiary alicyclic amines) is 1. The number of hydrogen-bond acceptors (Lipinski definition) is 8. The Morgan fingerprint density at radius 1 is 1.00 bits per heavy atom. The molecule has 0 aromatic heterocycles.